The number of amides is 1. The molecule has 1 aromatic heterocycles. The van der Waals surface area contributed by atoms with E-state index in [1.807, 2.05) is 0 Å². The van der Waals surface area contributed by atoms with Crippen molar-refractivity contribution in [3.8, 4) is 5.75 Å². The third kappa shape index (κ3) is 1.99. The summed E-state index contributed by atoms with van der Waals surface area (Å²) in [6.45, 7) is -2.93. The first-order valence-corrected chi connectivity index (χ1v) is 4.64. The van der Waals surface area contributed by atoms with Gasteiger partial charge in [-0.1, -0.05) is 0 Å². The predicted molar refractivity (Wildman–Crippen MR) is 58.0 cm³/mol. The van der Waals surface area contributed by atoms with Crippen LogP contribution in [-0.4, -0.2) is 17.2 Å². The van der Waals surface area contributed by atoms with Crippen LogP contribution in [0.2, 0.25) is 0 Å². The molecule has 4 N–H and O–H groups in total. The van der Waals surface area contributed by atoms with Crippen LogP contribution in [0.3, 0.4) is 0 Å². The number of rotatable bonds is 2. The first kappa shape index (κ1) is 11.2. The van der Waals surface area contributed by atoms with E-state index in [4.69, 9.17) is 11.5 Å². The molecule has 0 aliphatic heterocycles. The average Bonchev–Trinajstić information content (AvgIpc) is 2.55. The lowest BCUT2D eigenvalue weighted by molar-refractivity contribution is -0.0497. The number of nitrogens with zero attached hydrogens (tertiary/aromatic N) is 1. The van der Waals surface area contributed by atoms with Crippen molar-refractivity contribution in [2.24, 2.45) is 5.73 Å². The highest BCUT2D eigenvalue weighted by Gasteiger charge is 2.12. The molecular weight excluding hydrogens is 232 g/mol. The number of hydrogen-bond acceptors (Lipinski definition) is 3. The van der Waals surface area contributed by atoms with Gasteiger partial charge >= 0.3 is 12.6 Å². The number of alkyl halides is 2. The van der Waals surface area contributed by atoms with Gasteiger partial charge in [0.1, 0.15) is 5.75 Å². The van der Waals surface area contributed by atoms with Crippen molar-refractivity contribution < 1.29 is 18.3 Å². The lowest BCUT2D eigenvalue weighted by Crippen LogP contribution is -2.18. The Balaban J connectivity index is 2.58. The molecule has 0 saturated heterocycles. The fourth-order valence-corrected chi connectivity index (χ4v) is 1.59. The molecule has 0 spiro atoms. The van der Waals surface area contributed by atoms with E-state index in [1.165, 1.54) is 24.4 Å². The molecule has 5 nitrogen and oxygen atoms in total. The third-order valence-electron chi connectivity index (χ3n) is 2.27. The van der Waals surface area contributed by atoms with Gasteiger partial charge in [-0.2, -0.15) is 8.78 Å². The van der Waals surface area contributed by atoms with Gasteiger partial charge in [0.2, 0.25) is 0 Å². The number of hydrogen-bond donors (Lipinski definition) is 2. The van der Waals surface area contributed by atoms with E-state index in [1.54, 1.807) is 0 Å². The van der Waals surface area contributed by atoms with Crippen LogP contribution in [0.25, 0.3) is 10.9 Å². The number of nitrogens with two attached hydrogens (primary N) is 2. The molecule has 1 aromatic carbocycles. The van der Waals surface area contributed by atoms with Crippen LogP contribution in [-0.2, 0) is 0 Å². The summed E-state index contributed by atoms with van der Waals surface area (Å²) < 4.78 is 29.4. The Labute approximate surface area is 94.5 Å². The first-order valence-electron chi connectivity index (χ1n) is 4.64. The van der Waals surface area contributed by atoms with Crippen molar-refractivity contribution in [3.05, 3.63) is 24.4 Å². The number of fused-ring (bicyclic) bond motifs is 1. The van der Waals surface area contributed by atoms with E-state index in [0.717, 1.165) is 4.57 Å². The highest BCUT2D eigenvalue weighted by atomic mass is 19.3. The van der Waals surface area contributed by atoms with Crippen LogP contribution >= 0.6 is 0 Å². The topological polar surface area (TPSA) is 83.3 Å². The summed E-state index contributed by atoms with van der Waals surface area (Å²) in [7, 11) is 0. The van der Waals surface area contributed by atoms with Crippen LogP contribution in [0.5, 0.6) is 5.75 Å². The number of carbonyl (C=O) groups is 1. The van der Waals surface area contributed by atoms with E-state index in [9.17, 15) is 13.6 Å². The van der Waals surface area contributed by atoms with Gasteiger partial charge in [0.05, 0.1) is 11.2 Å². The third-order valence-corrected chi connectivity index (χ3v) is 2.27. The number of primary amides is 1. The van der Waals surface area contributed by atoms with Gasteiger partial charge in [-0.15, -0.1) is 0 Å². The molecule has 0 atom stereocenters. The van der Waals surface area contributed by atoms with Gasteiger partial charge in [-0.3, -0.25) is 4.57 Å². The summed E-state index contributed by atoms with van der Waals surface area (Å²) in [6, 6.07) is 3.36. The largest absolute Gasteiger partial charge is 0.435 e. The summed E-state index contributed by atoms with van der Waals surface area (Å²) in [5.74, 6) is -0.0619. The fourth-order valence-electron chi connectivity index (χ4n) is 1.59. The molecule has 0 unspecified atom stereocenters. The minimum absolute atomic E-state index is 0.0619. The number of aromatic nitrogens is 1. The number of carbonyl (C=O) groups excluding carboxylic acids is 1. The zero-order valence-electron chi connectivity index (χ0n) is 8.56. The van der Waals surface area contributed by atoms with Gasteiger partial charge in [-0.25, -0.2) is 4.79 Å². The number of benzene rings is 1. The summed E-state index contributed by atoms with van der Waals surface area (Å²) in [4.78, 5) is 11.1. The van der Waals surface area contributed by atoms with Gasteiger partial charge in [0.25, 0.3) is 0 Å². The zero-order valence-corrected chi connectivity index (χ0v) is 8.56. The van der Waals surface area contributed by atoms with E-state index < -0.39 is 12.6 Å². The fraction of sp³-hybridized carbons (Fsp3) is 0.100. The van der Waals surface area contributed by atoms with Crippen LogP contribution in [0.15, 0.2) is 24.4 Å². The zero-order chi connectivity index (χ0) is 12.6. The van der Waals surface area contributed by atoms with Crippen molar-refractivity contribution in [3.63, 3.8) is 0 Å². The van der Waals surface area contributed by atoms with Crippen LogP contribution in [0.4, 0.5) is 19.3 Å². The summed E-state index contributed by atoms with van der Waals surface area (Å²) in [6.07, 6.45) is 1.33. The first-order chi connectivity index (χ1) is 7.99. The summed E-state index contributed by atoms with van der Waals surface area (Å²) in [5, 5.41) is 0.547. The van der Waals surface area contributed by atoms with Gasteiger partial charge in [0, 0.05) is 17.6 Å². The van der Waals surface area contributed by atoms with Crippen molar-refractivity contribution in [2.45, 2.75) is 6.61 Å². The Hall–Kier alpha value is -2.31. The van der Waals surface area contributed by atoms with Crippen LogP contribution < -0.4 is 16.2 Å². The van der Waals surface area contributed by atoms with E-state index in [2.05, 4.69) is 4.74 Å². The lowest BCUT2D eigenvalue weighted by Gasteiger charge is -2.05. The molecule has 2 rings (SSSR count). The maximum Gasteiger partial charge on any atom is 0.387 e. The summed E-state index contributed by atoms with van der Waals surface area (Å²) >= 11 is 0. The standard InChI is InChI=1S/C10H9F2N3O2/c11-9(12)17-5-1-2-6-7(13)4-15(10(14)16)8(6)3-5/h1-4,9H,13H2,(H2,14,16). The Morgan fingerprint density at radius 1 is 1.41 bits per heavy atom. The summed E-state index contributed by atoms with van der Waals surface area (Å²) in [5.41, 5.74) is 11.4. The van der Waals surface area contributed by atoms with Crippen molar-refractivity contribution in [1.29, 1.82) is 0 Å². The molecule has 0 aliphatic carbocycles. The molecule has 0 radical (unpaired) electrons. The van der Waals surface area contributed by atoms with Gasteiger partial charge in [0.15, 0.2) is 0 Å². The average molecular weight is 241 g/mol. The van der Waals surface area contributed by atoms with Crippen molar-refractivity contribution in [1.82, 2.24) is 4.57 Å². The molecule has 0 aliphatic rings. The minimum atomic E-state index is -2.93. The lowest BCUT2D eigenvalue weighted by atomic mass is 10.2. The van der Waals surface area contributed by atoms with E-state index in [-0.39, 0.29) is 5.75 Å². The molecule has 1 amide bonds. The SMILES string of the molecule is NC(=O)n1cc(N)c2ccc(OC(F)F)cc21. The molecule has 17 heavy (non-hydrogen) atoms. The smallest absolute Gasteiger partial charge is 0.387 e. The maximum atomic E-state index is 12.0. The molecule has 0 bridgehead atoms. The van der Waals surface area contributed by atoms with Gasteiger partial charge < -0.3 is 16.2 Å². The van der Waals surface area contributed by atoms with Crippen molar-refractivity contribution >= 4 is 22.6 Å². The monoisotopic (exact) mass is 241 g/mol. The number of ether oxygens (including phenoxy) is 1. The van der Waals surface area contributed by atoms with Crippen LogP contribution in [0, 0.1) is 0 Å². The van der Waals surface area contributed by atoms with Crippen molar-refractivity contribution in [2.75, 3.05) is 5.73 Å². The highest BCUT2D eigenvalue weighted by Crippen LogP contribution is 2.27. The molecule has 2 aromatic rings. The second kappa shape index (κ2) is 3.93. The predicted octanol–water partition coefficient (Wildman–Crippen LogP) is 1.75. The van der Waals surface area contributed by atoms with Gasteiger partial charge in [-0.05, 0) is 12.1 Å². The highest BCUT2D eigenvalue weighted by molar-refractivity contribution is 5.99. The Bertz CT molecular complexity index is 580. The second-order valence-electron chi connectivity index (χ2n) is 3.35. The molecule has 7 heteroatoms. The number of nitrogen functional groups attached to an aromatic ring is 1. The van der Waals surface area contributed by atoms with Crippen LogP contribution in [0.1, 0.15) is 0 Å². The molecule has 90 valence electrons. The minimum Gasteiger partial charge on any atom is -0.435 e. The maximum absolute atomic E-state index is 12.0. The normalized spacial score (nSPS) is 11.0. The molecular formula is C10H9F2N3O2. The van der Waals surface area contributed by atoms with E-state index >= 15 is 0 Å². The van der Waals surface area contributed by atoms with E-state index in [0.29, 0.717) is 16.6 Å². The second-order valence-corrected chi connectivity index (χ2v) is 3.35. The molecule has 0 saturated carbocycles. The quantitative estimate of drug-likeness (QED) is 0.840. The molecule has 0 fully saturated rings. The Morgan fingerprint density at radius 3 is 2.71 bits per heavy atom. The molecule has 1 heterocycles. The number of halogens is 2. The number of anilines is 1. The Morgan fingerprint density at radius 2 is 2.12 bits per heavy atom. The Kier molecular flexibility index (Phi) is 2.58.